The van der Waals surface area contributed by atoms with Gasteiger partial charge in [-0.3, -0.25) is 4.79 Å². The van der Waals surface area contributed by atoms with Crippen LogP contribution in [0.5, 0.6) is 0 Å². The summed E-state index contributed by atoms with van der Waals surface area (Å²) in [6, 6.07) is 0. The summed E-state index contributed by atoms with van der Waals surface area (Å²) in [6.07, 6.45) is 0.841. The molecule has 0 saturated heterocycles. The van der Waals surface area contributed by atoms with Crippen LogP contribution in [0.1, 0.15) is 27.2 Å². The molecular weight excluding hydrogens is 232 g/mol. The molecule has 0 aliphatic rings. The molecule has 0 unspecified atom stereocenters. The number of likely N-dealkylation sites (N-methyl/N-ethyl adjacent to an activating group) is 1. The molecule has 0 atom stereocenters. The fourth-order valence-corrected chi connectivity index (χ4v) is 1.83. The Morgan fingerprint density at radius 2 is 1.78 bits per heavy atom. The zero-order valence-electron chi connectivity index (χ0n) is 12.4. The van der Waals surface area contributed by atoms with Crippen LogP contribution in [0.3, 0.4) is 0 Å². The minimum Gasteiger partial charge on any atom is -0.385 e. The zero-order chi connectivity index (χ0) is 14.0. The summed E-state index contributed by atoms with van der Waals surface area (Å²) >= 11 is 0. The maximum absolute atomic E-state index is 12.4. The van der Waals surface area contributed by atoms with E-state index in [1.807, 2.05) is 25.7 Å². The highest BCUT2D eigenvalue weighted by atomic mass is 16.5. The molecule has 0 aromatic rings. The van der Waals surface area contributed by atoms with E-state index in [2.05, 4.69) is 5.32 Å². The minimum absolute atomic E-state index is 0.109. The molecule has 5 nitrogen and oxygen atoms in total. The average Bonchev–Trinajstić information content (AvgIpc) is 2.32. The lowest BCUT2D eigenvalue weighted by Crippen LogP contribution is -2.54. The standard InChI is InChI=1S/C13H28N2O3/c1-6-14-13(2,3)12(16)15(9-11-18-5)8-7-10-17-4/h14H,6-11H2,1-5H3. The number of nitrogens with one attached hydrogen (secondary N) is 1. The summed E-state index contributed by atoms with van der Waals surface area (Å²) < 4.78 is 10.1. The Labute approximate surface area is 111 Å². The molecule has 1 N–H and O–H groups in total. The number of rotatable bonds is 10. The molecule has 0 fully saturated rings. The summed E-state index contributed by atoms with van der Waals surface area (Å²) in [4.78, 5) is 14.3. The van der Waals surface area contributed by atoms with E-state index in [4.69, 9.17) is 9.47 Å². The van der Waals surface area contributed by atoms with E-state index in [-0.39, 0.29) is 5.91 Å². The van der Waals surface area contributed by atoms with Gasteiger partial charge in [-0.25, -0.2) is 0 Å². The van der Waals surface area contributed by atoms with Crippen molar-refractivity contribution in [2.24, 2.45) is 0 Å². The maximum atomic E-state index is 12.4. The normalized spacial score (nSPS) is 11.6. The van der Waals surface area contributed by atoms with Crippen molar-refractivity contribution in [1.29, 1.82) is 0 Å². The quantitative estimate of drug-likeness (QED) is 0.593. The average molecular weight is 260 g/mol. The maximum Gasteiger partial charge on any atom is 0.242 e. The number of amides is 1. The molecule has 0 aliphatic carbocycles. The summed E-state index contributed by atoms with van der Waals surface area (Å²) in [5, 5.41) is 3.21. The lowest BCUT2D eigenvalue weighted by Gasteiger charge is -2.32. The van der Waals surface area contributed by atoms with Crippen LogP contribution in [-0.2, 0) is 14.3 Å². The number of carbonyl (C=O) groups is 1. The van der Waals surface area contributed by atoms with Gasteiger partial charge in [0, 0.05) is 33.9 Å². The van der Waals surface area contributed by atoms with Crippen LogP contribution in [0.4, 0.5) is 0 Å². The van der Waals surface area contributed by atoms with Crippen LogP contribution < -0.4 is 5.32 Å². The lowest BCUT2D eigenvalue weighted by atomic mass is 10.0. The first kappa shape index (κ1) is 17.4. The summed E-state index contributed by atoms with van der Waals surface area (Å²) in [5.41, 5.74) is -0.532. The SMILES string of the molecule is CCNC(C)(C)C(=O)N(CCCOC)CCOC. The van der Waals surface area contributed by atoms with Crippen molar-refractivity contribution < 1.29 is 14.3 Å². The molecular formula is C13H28N2O3. The third kappa shape index (κ3) is 6.33. The Balaban J connectivity index is 4.46. The van der Waals surface area contributed by atoms with Crippen LogP contribution in [-0.4, -0.2) is 63.4 Å². The first-order chi connectivity index (χ1) is 8.49. The second-order valence-electron chi connectivity index (χ2n) is 4.79. The van der Waals surface area contributed by atoms with Crippen molar-refractivity contribution in [2.75, 3.05) is 47.1 Å². The molecule has 0 rings (SSSR count). The predicted molar refractivity (Wildman–Crippen MR) is 72.7 cm³/mol. The van der Waals surface area contributed by atoms with Crippen molar-refractivity contribution in [3.05, 3.63) is 0 Å². The van der Waals surface area contributed by atoms with Gasteiger partial charge in [0.1, 0.15) is 0 Å². The Kier molecular flexibility index (Phi) is 8.97. The molecule has 18 heavy (non-hydrogen) atoms. The topological polar surface area (TPSA) is 50.8 Å². The molecule has 0 aliphatic heterocycles. The third-order valence-corrected chi connectivity index (χ3v) is 2.78. The second-order valence-corrected chi connectivity index (χ2v) is 4.79. The van der Waals surface area contributed by atoms with E-state index in [9.17, 15) is 4.79 Å². The highest BCUT2D eigenvalue weighted by Gasteiger charge is 2.30. The van der Waals surface area contributed by atoms with Crippen LogP contribution in [0.15, 0.2) is 0 Å². The van der Waals surface area contributed by atoms with E-state index in [1.54, 1.807) is 14.2 Å². The molecule has 0 radical (unpaired) electrons. The summed E-state index contributed by atoms with van der Waals surface area (Å²) in [7, 11) is 3.32. The largest absolute Gasteiger partial charge is 0.385 e. The van der Waals surface area contributed by atoms with E-state index in [1.165, 1.54) is 0 Å². The Morgan fingerprint density at radius 3 is 2.28 bits per heavy atom. The minimum atomic E-state index is -0.532. The van der Waals surface area contributed by atoms with Crippen LogP contribution in [0.2, 0.25) is 0 Å². The van der Waals surface area contributed by atoms with Crippen molar-refractivity contribution >= 4 is 5.91 Å². The predicted octanol–water partition coefficient (Wildman–Crippen LogP) is 0.886. The van der Waals surface area contributed by atoms with E-state index in [0.29, 0.717) is 26.3 Å². The van der Waals surface area contributed by atoms with Crippen molar-refractivity contribution in [3.63, 3.8) is 0 Å². The van der Waals surface area contributed by atoms with Gasteiger partial charge < -0.3 is 19.7 Å². The summed E-state index contributed by atoms with van der Waals surface area (Å²) in [5.74, 6) is 0.109. The van der Waals surface area contributed by atoms with Gasteiger partial charge in [0.15, 0.2) is 0 Å². The van der Waals surface area contributed by atoms with Crippen LogP contribution in [0, 0.1) is 0 Å². The molecule has 5 heteroatoms. The van der Waals surface area contributed by atoms with Gasteiger partial charge in [-0.05, 0) is 26.8 Å². The van der Waals surface area contributed by atoms with Gasteiger partial charge >= 0.3 is 0 Å². The van der Waals surface area contributed by atoms with Crippen molar-refractivity contribution in [3.8, 4) is 0 Å². The van der Waals surface area contributed by atoms with Gasteiger partial charge in [-0.2, -0.15) is 0 Å². The third-order valence-electron chi connectivity index (χ3n) is 2.78. The number of hydrogen-bond donors (Lipinski definition) is 1. The fourth-order valence-electron chi connectivity index (χ4n) is 1.83. The summed E-state index contributed by atoms with van der Waals surface area (Å²) in [6.45, 7) is 9.14. The highest BCUT2D eigenvalue weighted by Crippen LogP contribution is 2.08. The number of ether oxygens (including phenoxy) is 2. The second kappa shape index (κ2) is 9.30. The molecule has 0 spiro atoms. The monoisotopic (exact) mass is 260 g/mol. The van der Waals surface area contributed by atoms with Crippen molar-refractivity contribution in [1.82, 2.24) is 10.2 Å². The van der Waals surface area contributed by atoms with Gasteiger partial charge in [0.2, 0.25) is 5.91 Å². The Bertz CT molecular complexity index is 232. The van der Waals surface area contributed by atoms with E-state index >= 15 is 0 Å². The molecule has 0 saturated carbocycles. The Hall–Kier alpha value is -0.650. The first-order valence-corrected chi connectivity index (χ1v) is 6.51. The van der Waals surface area contributed by atoms with E-state index in [0.717, 1.165) is 13.0 Å². The van der Waals surface area contributed by atoms with Crippen LogP contribution >= 0.6 is 0 Å². The molecule has 0 aromatic carbocycles. The van der Waals surface area contributed by atoms with Crippen LogP contribution in [0.25, 0.3) is 0 Å². The number of methoxy groups -OCH3 is 2. The van der Waals surface area contributed by atoms with Gasteiger partial charge in [0.25, 0.3) is 0 Å². The van der Waals surface area contributed by atoms with Gasteiger partial charge in [-0.15, -0.1) is 0 Å². The molecule has 0 bridgehead atoms. The first-order valence-electron chi connectivity index (χ1n) is 6.51. The molecule has 0 heterocycles. The Morgan fingerprint density at radius 1 is 1.17 bits per heavy atom. The molecule has 1 amide bonds. The zero-order valence-corrected chi connectivity index (χ0v) is 12.4. The van der Waals surface area contributed by atoms with Gasteiger partial charge in [0.05, 0.1) is 12.1 Å². The van der Waals surface area contributed by atoms with Crippen molar-refractivity contribution in [2.45, 2.75) is 32.7 Å². The van der Waals surface area contributed by atoms with E-state index < -0.39 is 5.54 Å². The molecule has 0 aromatic heterocycles. The number of carbonyl (C=O) groups excluding carboxylic acids is 1. The molecule has 108 valence electrons. The lowest BCUT2D eigenvalue weighted by molar-refractivity contribution is -0.138. The van der Waals surface area contributed by atoms with Gasteiger partial charge in [-0.1, -0.05) is 6.92 Å². The smallest absolute Gasteiger partial charge is 0.242 e. The highest BCUT2D eigenvalue weighted by molar-refractivity contribution is 5.85. The number of hydrogen-bond acceptors (Lipinski definition) is 4. The fraction of sp³-hybridized carbons (Fsp3) is 0.923. The number of nitrogens with zero attached hydrogens (tertiary/aromatic N) is 1.